The van der Waals surface area contributed by atoms with Crippen LogP contribution in [0.4, 0.5) is 5.82 Å². The van der Waals surface area contributed by atoms with E-state index in [1.807, 2.05) is 6.07 Å². The molecule has 4 nitrogen and oxygen atoms in total. The maximum absolute atomic E-state index is 5.88. The highest BCUT2D eigenvalue weighted by Crippen LogP contribution is 2.36. The predicted molar refractivity (Wildman–Crippen MR) is 73.7 cm³/mol. The molecule has 0 radical (unpaired) electrons. The Morgan fingerprint density at radius 3 is 2.44 bits per heavy atom. The van der Waals surface area contributed by atoms with E-state index < -0.39 is 0 Å². The van der Waals surface area contributed by atoms with Gasteiger partial charge in [0.25, 0.3) is 0 Å². The van der Waals surface area contributed by atoms with Crippen LogP contribution in [0.5, 0.6) is 5.75 Å². The van der Waals surface area contributed by atoms with Gasteiger partial charge in [0, 0.05) is 11.1 Å². The van der Waals surface area contributed by atoms with Crippen molar-refractivity contribution < 1.29 is 4.74 Å². The molecule has 2 rings (SSSR count). The molecule has 0 atom stereocenters. The first-order chi connectivity index (χ1) is 8.43. The van der Waals surface area contributed by atoms with Gasteiger partial charge >= 0.3 is 0 Å². The summed E-state index contributed by atoms with van der Waals surface area (Å²) in [5, 5.41) is 6.71. The van der Waals surface area contributed by atoms with Gasteiger partial charge in [0.2, 0.25) is 0 Å². The zero-order valence-electron chi connectivity index (χ0n) is 11.2. The van der Waals surface area contributed by atoms with Crippen LogP contribution in [0.2, 0.25) is 0 Å². The Balaban J connectivity index is 2.61. The fourth-order valence-corrected chi connectivity index (χ4v) is 1.90. The van der Waals surface area contributed by atoms with E-state index in [0.29, 0.717) is 5.82 Å². The first-order valence-electron chi connectivity index (χ1n) is 5.91. The topological polar surface area (TPSA) is 63.9 Å². The molecule has 2 aromatic rings. The molecule has 1 aromatic heterocycles. The number of benzene rings is 1. The van der Waals surface area contributed by atoms with Crippen LogP contribution in [0.1, 0.15) is 26.3 Å². The molecular formula is C14H19N3O. The van der Waals surface area contributed by atoms with Gasteiger partial charge < -0.3 is 10.5 Å². The number of methoxy groups -OCH3 is 1. The fraction of sp³-hybridized carbons (Fsp3) is 0.357. The number of nitrogens with one attached hydrogen (secondary N) is 1. The third-order valence-corrected chi connectivity index (χ3v) is 3.02. The molecule has 1 aromatic carbocycles. The van der Waals surface area contributed by atoms with Gasteiger partial charge in [0.15, 0.2) is 0 Å². The number of aromatic amines is 1. The standard InChI is InChI=1S/C14H19N3O/c1-14(2,3)9-5-6-12(18-4)10(7-9)11-8-16-17-13(11)15/h5-8H,1-4H3,(H3,15,16,17). The van der Waals surface area contributed by atoms with E-state index in [9.17, 15) is 0 Å². The number of ether oxygens (including phenoxy) is 1. The molecule has 0 saturated carbocycles. The SMILES string of the molecule is COc1ccc(C(C)(C)C)cc1-c1cn[nH]c1N. The third kappa shape index (κ3) is 2.18. The van der Waals surface area contributed by atoms with Crippen LogP contribution < -0.4 is 10.5 Å². The molecule has 0 saturated heterocycles. The van der Waals surface area contributed by atoms with Gasteiger partial charge in [-0.3, -0.25) is 5.10 Å². The number of rotatable bonds is 2. The predicted octanol–water partition coefficient (Wildman–Crippen LogP) is 2.96. The number of H-pyrrole nitrogens is 1. The first-order valence-corrected chi connectivity index (χ1v) is 5.91. The average Bonchev–Trinajstić information content (AvgIpc) is 2.73. The van der Waals surface area contributed by atoms with Crippen molar-refractivity contribution in [3.63, 3.8) is 0 Å². The number of nitrogens with zero attached hydrogens (tertiary/aromatic N) is 1. The molecule has 18 heavy (non-hydrogen) atoms. The molecule has 0 spiro atoms. The Kier molecular flexibility index (Phi) is 3.03. The molecule has 0 bridgehead atoms. The minimum absolute atomic E-state index is 0.0829. The summed E-state index contributed by atoms with van der Waals surface area (Å²) in [6.07, 6.45) is 1.72. The van der Waals surface area contributed by atoms with Gasteiger partial charge in [-0.15, -0.1) is 0 Å². The van der Waals surface area contributed by atoms with Crippen LogP contribution in [0.3, 0.4) is 0 Å². The smallest absolute Gasteiger partial charge is 0.126 e. The van der Waals surface area contributed by atoms with E-state index in [4.69, 9.17) is 10.5 Å². The molecule has 0 aliphatic heterocycles. The average molecular weight is 245 g/mol. The lowest BCUT2D eigenvalue weighted by molar-refractivity contribution is 0.416. The summed E-state index contributed by atoms with van der Waals surface area (Å²) in [5.41, 5.74) is 9.04. The zero-order valence-corrected chi connectivity index (χ0v) is 11.2. The molecule has 96 valence electrons. The summed E-state index contributed by atoms with van der Waals surface area (Å²) in [6.45, 7) is 6.53. The number of hydrogen-bond acceptors (Lipinski definition) is 3. The lowest BCUT2D eigenvalue weighted by Gasteiger charge is -2.21. The Morgan fingerprint density at radius 1 is 1.22 bits per heavy atom. The molecule has 0 amide bonds. The molecular weight excluding hydrogens is 226 g/mol. The quantitative estimate of drug-likeness (QED) is 0.855. The van der Waals surface area contributed by atoms with E-state index in [-0.39, 0.29) is 5.41 Å². The van der Waals surface area contributed by atoms with Gasteiger partial charge in [-0.1, -0.05) is 26.8 Å². The van der Waals surface area contributed by atoms with Crippen molar-refractivity contribution in [2.75, 3.05) is 12.8 Å². The Hall–Kier alpha value is -1.97. The lowest BCUT2D eigenvalue weighted by atomic mass is 9.85. The molecule has 0 unspecified atom stereocenters. The van der Waals surface area contributed by atoms with E-state index >= 15 is 0 Å². The van der Waals surface area contributed by atoms with Gasteiger partial charge in [0.1, 0.15) is 11.6 Å². The van der Waals surface area contributed by atoms with Gasteiger partial charge in [0.05, 0.1) is 13.3 Å². The van der Waals surface area contributed by atoms with Crippen molar-refractivity contribution >= 4 is 5.82 Å². The summed E-state index contributed by atoms with van der Waals surface area (Å²) < 4.78 is 5.39. The maximum atomic E-state index is 5.88. The van der Waals surface area contributed by atoms with Gasteiger partial charge in [-0.05, 0) is 23.1 Å². The Labute approximate surface area is 107 Å². The van der Waals surface area contributed by atoms with Crippen molar-refractivity contribution in [3.05, 3.63) is 30.0 Å². The maximum Gasteiger partial charge on any atom is 0.126 e. The third-order valence-electron chi connectivity index (χ3n) is 3.02. The monoisotopic (exact) mass is 245 g/mol. The molecule has 1 heterocycles. The highest BCUT2D eigenvalue weighted by Gasteiger charge is 2.18. The van der Waals surface area contributed by atoms with Crippen LogP contribution >= 0.6 is 0 Å². The second-order valence-corrected chi connectivity index (χ2v) is 5.36. The largest absolute Gasteiger partial charge is 0.496 e. The van der Waals surface area contributed by atoms with Crippen LogP contribution in [0.15, 0.2) is 24.4 Å². The summed E-state index contributed by atoms with van der Waals surface area (Å²) in [7, 11) is 1.66. The normalized spacial score (nSPS) is 11.6. The van der Waals surface area contributed by atoms with E-state index in [1.54, 1.807) is 13.3 Å². The Morgan fingerprint density at radius 2 is 1.94 bits per heavy atom. The molecule has 0 aliphatic rings. The van der Waals surface area contributed by atoms with Crippen LogP contribution in [0.25, 0.3) is 11.1 Å². The fourth-order valence-electron chi connectivity index (χ4n) is 1.90. The van der Waals surface area contributed by atoms with Crippen LogP contribution in [-0.2, 0) is 5.41 Å². The molecule has 4 heteroatoms. The number of hydrogen-bond donors (Lipinski definition) is 2. The second-order valence-electron chi connectivity index (χ2n) is 5.36. The number of nitrogen functional groups attached to an aromatic ring is 1. The summed E-state index contributed by atoms with van der Waals surface area (Å²) in [4.78, 5) is 0. The molecule has 0 aliphatic carbocycles. The number of nitrogens with two attached hydrogens (primary N) is 1. The zero-order chi connectivity index (χ0) is 13.3. The number of anilines is 1. The highest BCUT2D eigenvalue weighted by atomic mass is 16.5. The number of aromatic nitrogens is 2. The van der Waals surface area contributed by atoms with Crippen molar-refractivity contribution in [1.29, 1.82) is 0 Å². The first kappa shape index (κ1) is 12.5. The minimum atomic E-state index is 0.0829. The van der Waals surface area contributed by atoms with Gasteiger partial charge in [-0.25, -0.2) is 0 Å². The molecule has 3 N–H and O–H groups in total. The second kappa shape index (κ2) is 4.37. The van der Waals surface area contributed by atoms with Crippen molar-refractivity contribution in [1.82, 2.24) is 10.2 Å². The van der Waals surface area contributed by atoms with Crippen LogP contribution in [-0.4, -0.2) is 17.3 Å². The van der Waals surface area contributed by atoms with Crippen molar-refractivity contribution in [2.45, 2.75) is 26.2 Å². The minimum Gasteiger partial charge on any atom is -0.496 e. The van der Waals surface area contributed by atoms with E-state index in [2.05, 4.69) is 43.1 Å². The summed E-state index contributed by atoms with van der Waals surface area (Å²) in [5.74, 6) is 1.36. The summed E-state index contributed by atoms with van der Waals surface area (Å²) in [6, 6.07) is 6.17. The van der Waals surface area contributed by atoms with E-state index in [1.165, 1.54) is 5.56 Å². The lowest BCUT2D eigenvalue weighted by Crippen LogP contribution is -2.11. The van der Waals surface area contributed by atoms with Crippen molar-refractivity contribution in [3.8, 4) is 16.9 Å². The van der Waals surface area contributed by atoms with Gasteiger partial charge in [-0.2, -0.15) is 5.10 Å². The molecule has 0 fully saturated rings. The van der Waals surface area contributed by atoms with E-state index in [0.717, 1.165) is 16.9 Å². The van der Waals surface area contributed by atoms with Crippen molar-refractivity contribution in [2.24, 2.45) is 0 Å². The summed E-state index contributed by atoms with van der Waals surface area (Å²) >= 11 is 0. The Bertz CT molecular complexity index is 552. The van der Waals surface area contributed by atoms with Crippen LogP contribution in [0, 0.1) is 0 Å². The highest BCUT2D eigenvalue weighted by molar-refractivity contribution is 5.78.